The first-order chi connectivity index (χ1) is 6.13. The van der Waals surface area contributed by atoms with Gasteiger partial charge in [0.05, 0.1) is 0 Å². The third-order valence-corrected chi connectivity index (χ3v) is 2.71. The van der Waals surface area contributed by atoms with Crippen LogP contribution in [0.2, 0.25) is 0 Å². The minimum atomic E-state index is 0.501. The van der Waals surface area contributed by atoms with Gasteiger partial charge in [0.25, 0.3) is 0 Å². The first kappa shape index (κ1) is 10.3. The average Bonchev–Trinajstić information content (AvgIpc) is 2.17. The maximum Gasteiger partial charge on any atom is 0.0319 e. The number of hydrogen-bond acceptors (Lipinski definition) is 1. The summed E-state index contributed by atoms with van der Waals surface area (Å²) in [6.45, 7) is 6.69. The standard InChI is InChI=1S/C12H19N/c1-10(2)13(4)11(3)12-8-6-5-7-9-12/h5-11H,1-4H3/t11-/m0/s1. The van der Waals surface area contributed by atoms with Crippen LogP contribution in [0.1, 0.15) is 32.4 Å². The fourth-order valence-corrected chi connectivity index (χ4v) is 1.41. The molecule has 1 atom stereocenters. The van der Waals surface area contributed by atoms with Gasteiger partial charge in [-0.15, -0.1) is 0 Å². The van der Waals surface area contributed by atoms with Crippen molar-refractivity contribution in [2.75, 3.05) is 7.05 Å². The minimum Gasteiger partial charge on any atom is -0.297 e. The minimum absolute atomic E-state index is 0.501. The highest BCUT2D eigenvalue weighted by atomic mass is 15.1. The molecule has 13 heavy (non-hydrogen) atoms. The molecule has 0 aliphatic rings. The first-order valence-electron chi connectivity index (χ1n) is 4.90. The van der Waals surface area contributed by atoms with Crippen LogP contribution in [0.25, 0.3) is 0 Å². The summed E-state index contributed by atoms with van der Waals surface area (Å²) in [6, 6.07) is 11.7. The molecule has 1 aromatic rings. The zero-order valence-electron chi connectivity index (χ0n) is 8.99. The molecule has 1 aromatic carbocycles. The second kappa shape index (κ2) is 4.43. The summed E-state index contributed by atoms with van der Waals surface area (Å²) < 4.78 is 0. The van der Waals surface area contributed by atoms with Crippen molar-refractivity contribution < 1.29 is 0 Å². The second-order valence-electron chi connectivity index (χ2n) is 3.85. The van der Waals surface area contributed by atoms with Crippen LogP contribution in [-0.2, 0) is 0 Å². The Labute approximate surface area is 81.4 Å². The topological polar surface area (TPSA) is 3.24 Å². The van der Waals surface area contributed by atoms with Gasteiger partial charge in [0.15, 0.2) is 0 Å². The number of benzene rings is 1. The highest BCUT2D eigenvalue weighted by Gasteiger charge is 2.12. The lowest BCUT2D eigenvalue weighted by Gasteiger charge is -2.28. The molecule has 0 spiro atoms. The normalized spacial score (nSPS) is 13.7. The molecule has 0 aliphatic carbocycles. The van der Waals surface area contributed by atoms with Gasteiger partial charge in [-0.3, -0.25) is 4.90 Å². The van der Waals surface area contributed by atoms with Gasteiger partial charge < -0.3 is 0 Å². The quantitative estimate of drug-likeness (QED) is 0.685. The van der Waals surface area contributed by atoms with Crippen LogP contribution in [0.3, 0.4) is 0 Å². The average molecular weight is 177 g/mol. The molecule has 0 N–H and O–H groups in total. The molecule has 0 unspecified atom stereocenters. The van der Waals surface area contributed by atoms with Crippen LogP contribution in [0, 0.1) is 0 Å². The van der Waals surface area contributed by atoms with Crippen molar-refractivity contribution in [3.8, 4) is 0 Å². The predicted molar refractivity (Wildman–Crippen MR) is 57.8 cm³/mol. The SMILES string of the molecule is CC(C)N(C)[C@@H](C)c1ccccc1. The van der Waals surface area contributed by atoms with Gasteiger partial charge >= 0.3 is 0 Å². The van der Waals surface area contributed by atoms with Crippen LogP contribution < -0.4 is 0 Å². The van der Waals surface area contributed by atoms with E-state index in [-0.39, 0.29) is 0 Å². The van der Waals surface area contributed by atoms with E-state index < -0.39 is 0 Å². The van der Waals surface area contributed by atoms with Crippen LogP contribution in [0.5, 0.6) is 0 Å². The van der Waals surface area contributed by atoms with E-state index in [9.17, 15) is 0 Å². The van der Waals surface area contributed by atoms with Gasteiger partial charge in [0, 0.05) is 12.1 Å². The Kier molecular flexibility index (Phi) is 3.49. The predicted octanol–water partition coefficient (Wildman–Crippen LogP) is 3.09. The summed E-state index contributed by atoms with van der Waals surface area (Å²) in [5.74, 6) is 0. The lowest BCUT2D eigenvalue weighted by molar-refractivity contribution is 0.210. The van der Waals surface area contributed by atoms with E-state index in [2.05, 4.69) is 63.1 Å². The van der Waals surface area contributed by atoms with Crippen LogP contribution in [0.4, 0.5) is 0 Å². The molecule has 1 heteroatoms. The molecule has 1 nitrogen and oxygen atoms in total. The lowest BCUT2D eigenvalue weighted by Crippen LogP contribution is -2.29. The first-order valence-corrected chi connectivity index (χ1v) is 4.90. The molecule has 0 amide bonds. The van der Waals surface area contributed by atoms with Crippen molar-refractivity contribution >= 4 is 0 Å². The summed E-state index contributed by atoms with van der Waals surface area (Å²) in [5, 5.41) is 0. The summed E-state index contributed by atoms with van der Waals surface area (Å²) in [4.78, 5) is 2.37. The molecule has 0 fully saturated rings. The number of nitrogens with zero attached hydrogens (tertiary/aromatic N) is 1. The molecular weight excluding hydrogens is 158 g/mol. The Hall–Kier alpha value is -0.820. The van der Waals surface area contributed by atoms with Crippen molar-refractivity contribution in [2.24, 2.45) is 0 Å². The molecular formula is C12H19N. The summed E-state index contributed by atoms with van der Waals surface area (Å²) in [5.41, 5.74) is 1.39. The van der Waals surface area contributed by atoms with Gasteiger partial charge in [-0.25, -0.2) is 0 Å². The molecule has 0 aliphatic heterocycles. The third-order valence-electron chi connectivity index (χ3n) is 2.71. The fourth-order valence-electron chi connectivity index (χ4n) is 1.41. The van der Waals surface area contributed by atoms with E-state index in [1.54, 1.807) is 0 Å². The van der Waals surface area contributed by atoms with E-state index in [0.717, 1.165) is 0 Å². The number of rotatable bonds is 3. The van der Waals surface area contributed by atoms with E-state index in [0.29, 0.717) is 12.1 Å². The Morgan fingerprint density at radius 2 is 1.54 bits per heavy atom. The summed E-state index contributed by atoms with van der Waals surface area (Å²) in [7, 11) is 2.17. The van der Waals surface area contributed by atoms with E-state index in [1.165, 1.54) is 5.56 Å². The Balaban J connectivity index is 2.73. The van der Waals surface area contributed by atoms with Gasteiger partial charge in [-0.05, 0) is 33.4 Å². The molecule has 0 heterocycles. The van der Waals surface area contributed by atoms with Gasteiger partial charge in [0.1, 0.15) is 0 Å². The maximum absolute atomic E-state index is 2.37. The van der Waals surface area contributed by atoms with Gasteiger partial charge in [-0.1, -0.05) is 30.3 Å². The highest BCUT2D eigenvalue weighted by Crippen LogP contribution is 2.19. The molecule has 72 valence electrons. The van der Waals surface area contributed by atoms with Crippen molar-refractivity contribution in [1.82, 2.24) is 4.90 Å². The number of hydrogen-bond donors (Lipinski definition) is 0. The molecule has 0 bridgehead atoms. The molecule has 1 rings (SSSR count). The van der Waals surface area contributed by atoms with Gasteiger partial charge in [-0.2, -0.15) is 0 Å². The fraction of sp³-hybridized carbons (Fsp3) is 0.500. The Morgan fingerprint density at radius 3 is 2.00 bits per heavy atom. The van der Waals surface area contributed by atoms with Crippen molar-refractivity contribution in [1.29, 1.82) is 0 Å². The third kappa shape index (κ3) is 2.56. The zero-order valence-corrected chi connectivity index (χ0v) is 8.99. The smallest absolute Gasteiger partial charge is 0.0319 e. The van der Waals surface area contributed by atoms with E-state index >= 15 is 0 Å². The maximum atomic E-state index is 2.37. The summed E-state index contributed by atoms with van der Waals surface area (Å²) >= 11 is 0. The molecule has 0 aromatic heterocycles. The lowest BCUT2D eigenvalue weighted by atomic mass is 10.1. The Morgan fingerprint density at radius 1 is 1.00 bits per heavy atom. The molecule has 0 saturated carbocycles. The second-order valence-corrected chi connectivity index (χ2v) is 3.85. The van der Waals surface area contributed by atoms with Crippen molar-refractivity contribution in [3.63, 3.8) is 0 Å². The van der Waals surface area contributed by atoms with Crippen molar-refractivity contribution in [3.05, 3.63) is 35.9 Å². The molecule has 0 saturated heterocycles. The largest absolute Gasteiger partial charge is 0.297 e. The highest BCUT2D eigenvalue weighted by molar-refractivity contribution is 5.18. The van der Waals surface area contributed by atoms with Crippen LogP contribution in [-0.4, -0.2) is 18.0 Å². The van der Waals surface area contributed by atoms with E-state index in [1.807, 2.05) is 0 Å². The van der Waals surface area contributed by atoms with Crippen LogP contribution in [0.15, 0.2) is 30.3 Å². The zero-order chi connectivity index (χ0) is 9.84. The Bertz CT molecular complexity index is 241. The molecule has 0 radical (unpaired) electrons. The monoisotopic (exact) mass is 177 g/mol. The van der Waals surface area contributed by atoms with Crippen LogP contribution >= 0.6 is 0 Å². The summed E-state index contributed by atoms with van der Waals surface area (Å²) in [6.07, 6.45) is 0. The van der Waals surface area contributed by atoms with Crippen molar-refractivity contribution in [2.45, 2.75) is 32.9 Å². The van der Waals surface area contributed by atoms with Gasteiger partial charge in [0.2, 0.25) is 0 Å². The van der Waals surface area contributed by atoms with E-state index in [4.69, 9.17) is 0 Å².